The zero-order valence-electron chi connectivity index (χ0n) is 15.6. The van der Waals surface area contributed by atoms with Gasteiger partial charge in [-0.3, -0.25) is 4.79 Å². The minimum Gasteiger partial charge on any atom is -0.484 e. The molecule has 2 aromatic heterocycles. The van der Waals surface area contributed by atoms with Crippen LogP contribution < -0.4 is 10.3 Å². The van der Waals surface area contributed by atoms with Crippen molar-refractivity contribution >= 4 is 22.7 Å². The van der Waals surface area contributed by atoms with Crippen molar-refractivity contribution in [3.05, 3.63) is 81.5 Å². The van der Waals surface area contributed by atoms with E-state index in [1.54, 1.807) is 6.07 Å². The molecule has 0 fully saturated rings. The first-order valence-corrected chi connectivity index (χ1v) is 9.82. The van der Waals surface area contributed by atoms with Crippen LogP contribution in [0.5, 0.6) is 5.75 Å². The molecule has 0 spiro atoms. The predicted molar refractivity (Wildman–Crippen MR) is 109 cm³/mol. The number of hydrogen-bond donors (Lipinski definition) is 1. The Kier molecular flexibility index (Phi) is 5.16. The Bertz CT molecular complexity index is 1160. The highest BCUT2D eigenvalue weighted by atomic mass is 32.2. The van der Waals surface area contributed by atoms with Gasteiger partial charge in [-0.05, 0) is 48.7 Å². The first-order valence-electron chi connectivity index (χ1n) is 8.84. The van der Waals surface area contributed by atoms with E-state index in [4.69, 9.17) is 9.15 Å². The molecular weight excluding hydrogens is 374 g/mol. The summed E-state index contributed by atoms with van der Waals surface area (Å²) in [7, 11) is 0. The molecule has 0 atom stereocenters. The number of benzene rings is 2. The maximum atomic E-state index is 11.9. The molecule has 0 amide bonds. The van der Waals surface area contributed by atoms with E-state index in [-0.39, 0.29) is 12.2 Å². The number of rotatable bonds is 6. The number of aromatic amines is 1. The molecule has 0 saturated heterocycles. The van der Waals surface area contributed by atoms with Crippen LogP contribution in [-0.4, -0.2) is 15.2 Å². The quantitative estimate of drug-likeness (QED) is 0.489. The minimum atomic E-state index is -0.123. The molecule has 6 nitrogen and oxygen atoms in total. The van der Waals surface area contributed by atoms with Gasteiger partial charge in [-0.2, -0.15) is 0 Å². The molecule has 1 N–H and O–H groups in total. The molecule has 2 heterocycles. The zero-order chi connectivity index (χ0) is 19.5. The fraction of sp³-hybridized carbons (Fsp3) is 0.190. The zero-order valence-corrected chi connectivity index (χ0v) is 16.4. The third-order valence-electron chi connectivity index (χ3n) is 4.19. The standard InChI is InChI=1S/C21H19N3O3S/c1-13-7-14(2)9-16(8-13)26-11-20-23-24-21(27-20)28-12-15-10-19(25)22-18-6-4-3-5-17(15)18/h3-10H,11-12H2,1-2H3,(H,22,25). The number of fused-ring (bicyclic) bond motifs is 1. The number of H-pyrrole nitrogens is 1. The largest absolute Gasteiger partial charge is 0.484 e. The van der Waals surface area contributed by atoms with Crippen LogP contribution >= 0.6 is 11.8 Å². The molecule has 0 radical (unpaired) electrons. The molecule has 0 aliphatic heterocycles. The van der Waals surface area contributed by atoms with Crippen molar-refractivity contribution in [1.29, 1.82) is 0 Å². The van der Waals surface area contributed by atoms with Gasteiger partial charge >= 0.3 is 0 Å². The lowest BCUT2D eigenvalue weighted by atomic mass is 10.1. The van der Waals surface area contributed by atoms with E-state index in [0.29, 0.717) is 16.9 Å². The first kappa shape index (κ1) is 18.3. The molecule has 142 valence electrons. The highest BCUT2D eigenvalue weighted by molar-refractivity contribution is 7.98. The number of hydrogen-bond acceptors (Lipinski definition) is 6. The van der Waals surface area contributed by atoms with Crippen LogP contribution in [0.25, 0.3) is 10.9 Å². The Labute approximate surface area is 166 Å². The molecule has 2 aromatic carbocycles. The normalized spacial score (nSPS) is 11.1. The Balaban J connectivity index is 1.42. The third-order valence-corrected chi connectivity index (χ3v) is 5.06. The molecule has 4 aromatic rings. The van der Waals surface area contributed by atoms with Crippen LogP contribution in [0.15, 0.2) is 63.0 Å². The van der Waals surface area contributed by atoms with Gasteiger partial charge in [0.05, 0.1) is 0 Å². The number of para-hydroxylation sites is 1. The minimum absolute atomic E-state index is 0.123. The summed E-state index contributed by atoms with van der Waals surface area (Å²) in [6.07, 6.45) is 0. The van der Waals surface area contributed by atoms with Crippen LogP contribution in [0.1, 0.15) is 22.6 Å². The van der Waals surface area contributed by atoms with Crippen molar-refractivity contribution in [1.82, 2.24) is 15.2 Å². The number of aryl methyl sites for hydroxylation is 2. The Morgan fingerprint density at radius 2 is 1.86 bits per heavy atom. The summed E-state index contributed by atoms with van der Waals surface area (Å²) in [5, 5.41) is 9.55. The summed E-state index contributed by atoms with van der Waals surface area (Å²) in [6, 6.07) is 15.4. The highest BCUT2D eigenvalue weighted by Crippen LogP contribution is 2.25. The molecule has 0 unspecified atom stereocenters. The lowest BCUT2D eigenvalue weighted by Crippen LogP contribution is -2.05. The molecule has 28 heavy (non-hydrogen) atoms. The summed E-state index contributed by atoms with van der Waals surface area (Å²) < 4.78 is 11.4. The topological polar surface area (TPSA) is 81.0 Å². The van der Waals surface area contributed by atoms with E-state index in [9.17, 15) is 4.79 Å². The fourth-order valence-corrected chi connectivity index (χ4v) is 3.82. The van der Waals surface area contributed by atoms with Gasteiger partial charge in [0.25, 0.3) is 11.1 Å². The van der Waals surface area contributed by atoms with Crippen molar-refractivity contribution in [2.75, 3.05) is 0 Å². The molecular formula is C21H19N3O3S. The second kappa shape index (κ2) is 7.90. The molecule has 7 heteroatoms. The number of ether oxygens (including phenoxy) is 1. The second-order valence-electron chi connectivity index (χ2n) is 6.57. The van der Waals surface area contributed by atoms with Crippen LogP contribution in [0.4, 0.5) is 0 Å². The van der Waals surface area contributed by atoms with Gasteiger partial charge in [-0.15, -0.1) is 10.2 Å². The van der Waals surface area contributed by atoms with E-state index < -0.39 is 0 Å². The maximum absolute atomic E-state index is 11.9. The fourth-order valence-electron chi connectivity index (χ4n) is 3.05. The second-order valence-corrected chi connectivity index (χ2v) is 7.49. The Morgan fingerprint density at radius 1 is 1.07 bits per heavy atom. The van der Waals surface area contributed by atoms with Crippen LogP contribution in [-0.2, 0) is 12.4 Å². The number of nitrogens with zero attached hydrogens (tertiary/aromatic N) is 2. The van der Waals surface area contributed by atoms with Crippen molar-refractivity contribution in [3.63, 3.8) is 0 Å². The summed E-state index contributed by atoms with van der Waals surface area (Å²) in [5.74, 6) is 1.75. The molecule has 0 aliphatic carbocycles. The van der Waals surface area contributed by atoms with Crippen molar-refractivity contribution in [2.45, 2.75) is 31.4 Å². The van der Waals surface area contributed by atoms with E-state index in [0.717, 1.165) is 33.3 Å². The number of aromatic nitrogens is 3. The summed E-state index contributed by atoms with van der Waals surface area (Å²) in [5.41, 5.74) is 3.90. The van der Waals surface area contributed by atoms with Gasteiger partial charge in [-0.1, -0.05) is 36.0 Å². The lowest BCUT2D eigenvalue weighted by molar-refractivity contribution is 0.252. The summed E-state index contributed by atoms with van der Waals surface area (Å²) >= 11 is 1.40. The maximum Gasteiger partial charge on any atom is 0.277 e. The van der Waals surface area contributed by atoms with Gasteiger partial charge in [0.15, 0.2) is 6.61 Å². The average Bonchev–Trinajstić information content (AvgIpc) is 3.11. The molecule has 0 bridgehead atoms. The Morgan fingerprint density at radius 3 is 2.68 bits per heavy atom. The van der Waals surface area contributed by atoms with E-state index >= 15 is 0 Å². The predicted octanol–water partition coefficient (Wildman–Crippen LogP) is 4.40. The molecule has 4 rings (SSSR count). The van der Waals surface area contributed by atoms with Gasteiger partial charge in [-0.25, -0.2) is 0 Å². The first-order chi connectivity index (χ1) is 13.6. The van der Waals surface area contributed by atoms with E-state index in [1.807, 2.05) is 50.2 Å². The van der Waals surface area contributed by atoms with E-state index in [1.165, 1.54) is 11.8 Å². The van der Waals surface area contributed by atoms with Gasteiger partial charge in [0.2, 0.25) is 5.56 Å². The molecule has 0 saturated carbocycles. The highest BCUT2D eigenvalue weighted by Gasteiger charge is 2.10. The summed E-state index contributed by atoms with van der Waals surface area (Å²) in [4.78, 5) is 14.7. The van der Waals surface area contributed by atoms with Crippen molar-refractivity contribution < 1.29 is 9.15 Å². The third kappa shape index (κ3) is 4.26. The summed E-state index contributed by atoms with van der Waals surface area (Å²) in [6.45, 7) is 4.27. The number of thioether (sulfide) groups is 1. The van der Waals surface area contributed by atoms with Crippen LogP contribution in [0.2, 0.25) is 0 Å². The van der Waals surface area contributed by atoms with Gasteiger partial charge in [0, 0.05) is 22.7 Å². The monoisotopic (exact) mass is 393 g/mol. The molecule has 0 aliphatic rings. The number of pyridine rings is 1. The average molecular weight is 393 g/mol. The SMILES string of the molecule is Cc1cc(C)cc(OCc2nnc(SCc3cc(=O)[nH]c4ccccc34)o2)c1. The van der Waals surface area contributed by atoms with Crippen LogP contribution in [0.3, 0.4) is 0 Å². The lowest BCUT2D eigenvalue weighted by Gasteiger charge is -2.06. The number of nitrogens with one attached hydrogen (secondary N) is 1. The smallest absolute Gasteiger partial charge is 0.277 e. The van der Waals surface area contributed by atoms with Crippen molar-refractivity contribution in [2.24, 2.45) is 0 Å². The van der Waals surface area contributed by atoms with E-state index in [2.05, 4.69) is 21.2 Å². The van der Waals surface area contributed by atoms with Crippen molar-refractivity contribution in [3.8, 4) is 5.75 Å². The van der Waals surface area contributed by atoms with Crippen LogP contribution in [0, 0.1) is 13.8 Å². The van der Waals surface area contributed by atoms with Gasteiger partial charge < -0.3 is 14.1 Å². The van der Waals surface area contributed by atoms with Gasteiger partial charge in [0.1, 0.15) is 5.75 Å². The Hall–Kier alpha value is -3.06.